The van der Waals surface area contributed by atoms with Crippen LogP contribution in [0.4, 0.5) is 5.69 Å². The predicted molar refractivity (Wildman–Crippen MR) is 120 cm³/mol. The molecular formula is C22H15Cl2NO4S. The highest BCUT2D eigenvalue weighted by atomic mass is 35.5. The fraction of sp³-hybridized carbons (Fsp3) is 0.0909. The number of carbonyl (C=O) groups excluding carboxylic acids is 2. The fourth-order valence-corrected chi connectivity index (χ4v) is 4.55. The number of rotatable bonds is 5. The fourth-order valence-electron chi connectivity index (χ4n) is 2.93. The molecule has 0 aliphatic carbocycles. The van der Waals surface area contributed by atoms with Crippen molar-refractivity contribution >= 4 is 63.1 Å². The summed E-state index contributed by atoms with van der Waals surface area (Å²) in [6.07, 6.45) is 0. The number of thiophene rings is 1. The number of benzene rings is 2. The Balaban J connectivity index is 1.70. The molecule has 0 aliphatic rings. The van der Waals surface area contributed by atoms with Gasteiger partial charge in [0.1, 0.15) is 10.5 Å². The lowest BCUT2D eigenvalue weighted by atomic mass is 10.2. The minimum atomic E-state index is -0.529. The molecule has 0 spiro atoms. The number of carbonyl (C=O) groups is 2. The molecule has 152 valence electrons. The number of halogens is 2. The van der Waals surface area contributed by atoms with Crippen molar-refractivity contribution in [2.24, 2.45) is 0 Å². The van der Waals surface area contributed by atoms with E-state index in [2.05, 4.69) is 5.32 Å². The van der Waals surface area contributed by atoms with Crippen molar-refractivity contribution in [1.82, 2.24) is 0 Å². The molecule has 0 unspecified atom stereocenters. The smallest absolute Gasteiger partial charge is 0.350 e. The third-order valence-electron chi connectivity index (χ3n) is 4.29. The van der Waals surface area contributed by atoms with Crippen molar-refractivity contribution < 1.29 is 18.7 Å². The lowest BCUT2D eigenvalue weighted by Crippen LogP contribution is -2.13. The van der Waals surface area contributed by atoms with Gasteiger partial charge in [0.05, 0.1) is 17.3 Å². The second-order valence-corrected chi connectivity index (χ2v) is 8.20. The molecule has 0 aliphatic heterocycles. The SMILES string of the molecule is CCOC(=O)c1sc(-c2ccc(Cl)cc2Cl)cc1NC(=O)c1cc2ccccc2o1. The molecule has 1 N–H and O–H groups in total. The van der Waals surface area contributed by atoms with E-state index in [9.17, 15) is 9.59 Å². The number of fused-ring (bicyclic) bond motifs is 1. The maximum absolute atomic E-state index is 12.8. The number of anilines is 1. The van der Waals surface area contributed by atoms with E-state index in [-0.39, 0.29) is 17.2 Å². The number of furan rings is 1. The number of nitrogens with one attached hydrogen (secondary N) is 1. The Hall–Kier alpha value is -2.80. The monoisotopic (exact) mass is 459 g/mol. The van der Waals surface area contributed by atoms with Crippen LogP contribution in [0.3, 0.4) is 0 Å². The van der Waals surface area contributed by atoms with E-state index in [1.807, 2.05) is 18.2 Å². The molecule has 0 fully saturated rings. The van der Waals surface area contributed by atoms with E-state index < -0.39 is 11.9 Å². The van der Waals surface area contributed by atoms with Gasteiger partial charge in [-0.2, -0.15) is 0 Å². The number of ether oxygens (including phenoxy) is 1. The molecule has 5 nitrogen and oxygen atoms in total. The Kier molecular flexibility index (Phi) is 5.81. The van der Waals surface area contributed by atoms with Gasteiger partial charge < -0.3 is 14.5 Å². The number of para-hydroxylation sites is 1. The molecule has 0 atom stereocenters. The summed E-state index contributed by atoms with van der Waals surface area (Å²) in [5.41, 5.74) is 1.62. The third kappa shape index (κ3) is 4.07. The van der Waals surface area contributed by atoms with Gasteiger partial charge in [0.25, 0.3) is 5.91 Å². The van der Waals surface area contributed by atoms with Crippen LogP contribution in [0.15, 0.2) is 59.0 Å². The molecule has 2 aromatic carbocycles. The van der Waals surface area contributed by atoms with E-state index in [0.29, 0.717) is 31.8 Å². The van der Waals surface area contributed by atoms with Crippen molar-refractivity contribution in [3.63, 3.8) is 0 Å². The van der Waals surface area contributed by atoms with Gasteiger partial charge in [-0.3, -0.25) is 4.79 Å². The predicted octanol–water partition coefficient (Wildman–Crippen LogP) is 6.90. The third-order valence-corrected chi connectivity index (χ3v) is 5.98. The van der Waals surface area contributed by atoms with Crippen molar-refractivity contribution in [3.8, 4) is 10.4 Å². The van der Waals surface area contributed by atoms with Gasteiger partial charge in [-0.25, -0.2) is 4.79 Å². The van der Waals surface area contributed by atoms with Crippen molar-refractivity contribution in [2.45, 2.75) is 6.92 Å². The maximum atomic E-state index is 12.8. The van der Waals surface area contributed by atoms with Crippen LogP contribution in [0.5, 0.6) is 0 Å². The maximum Gasteiger partial charge on any atom is 0.350 e. The van der Waals surface area contributed by atoms with Gasteiger partial charge in [-0.1, -0.05) is 47.5 Å². The molecule has 0 saturated carbocycles. The molecule has 0 saturated heterocycles. The Morgan fingerprint density at radius 2 is 1.90 bits per heavy atom. The van der Waals surface area contributed by atoms with Crippen LogP contribution in [-0.4, -0.2) is 18.5 Å². The first-order valence-electron chi connectivity index (χ1n) is 9.02. The van der Waals surface area contributed by atoms with Crippen molar-refractivity contribution in [1.29, 1.82) is 0 Å². The van der Waals surface area contributed by atoms with E-state index in [0.717, 1.165) is 5.39 Å². The van der Waals surface area contributed by atoms with Gasteiger partial charge in [-0.15, -0.1) is 11.3 Å². The first-order valence-corrected chi connectivity index (χ1v) is 10.6. The summed E-state index contributed by atoms with van der Waals surface area (Å²) in [6.45, 7) is 1.93. The minimum Gasteiger partial charge on any atom is -0.462 e. The highest BCUT2D eigenvalue weighted by molar-refractivity contribution is 7.18. The highest BCUT2D eigenvalue weighted by Gasteiger charge is 2.22. The molecule has 0 radical (unpaired) electrons. The molecule has 1 amide bonds. The first kappa shape index (κ1) is 20.5. The van der Waals surface area contributed by atoms with Gasteiger partial charge in [0.15, 0.2) is 5.76 Å². The molecule has 0 bridgehead atoms. The second-order valence-electron chi connectivity index (χ2n) is 6.30. The number of esters is 1. The molecular weight excluding hydrogens is 445 g/mol. The summed E-state index contributed by atoms with van der Waals surface area (Å²) in [6, 6.07) is 15.7. The van der Waals surface area contributed by atoms with Crippen LogP contribution in [0.25, 0.3) is 21.4 Å². The van der Waals surface area contributed by atoms with E-state index in [1.54, 1.807) is 43.3 Å². The van der Waals surface area contributed by atoms with Crippen molar-refractivity contribution in [2.75, 3.05) is 11.9 Å². The molecule has 4 rings (SSSR count). The van der Waals surface area contributed by atoms with Gasteiger partial charge in [0, 0.05) is 20.8 Å². The topological polar surface area (TPSA) is 68.5 Å². The summed E-state index contributed by atoms with van der Waals surface area (Å²) in [7, 11) is 0. The zero-order valence-electron chi connectivity index (χ0n) is 15.7. The second kappa shape index (κ2) is 8.52. The van der Waals surface area contributed by atoms with Crippen LogP contribution >= 0.6 is 34.5 Å². The van der Waals surface area contributed by atoms with Crippen LogP contribution in [0.1, 0.15) is 27.2 Å². The molecule has 4 aromatic rings. The Bertz CT molecular complexity index is 1230. The van der Waals surface area contributed by atoms with E-state index in [4.69, 9.17) is 32.4 Å². The highest BCUT2D eigenvalue weighted by Crippen LogP contribution is 2.39. The summed E-state index contributed by atoms with van der Waals surface area (Å²) < 4.78 is 10.8. The zero-order chi connectivity index (χ0) is 21.3. The Morgan fingerprint density at radius 3 is 2.63 bits per heavy atom. The molecule has 2 aromatic heterocycles. The largest absolute Gasteiger partial charge is 0.462 e. The Morgan fingerprint density at radius 1 is 1.10 bits per heavy atom. The number of amides is 1. The van der Waals surface area contributed by atoms with Gasteiger partial charge in [0.2, 0.25) is 0 Å². The zero-order valence-corrected chi connectivity index (χ0v) is 18.0. The van der Waals surface area contributed by atoms with Crippen LogP contribution in [-0.2, 0) is 4.74 Å². The Labute approximate surface area is 186 Å². The lowest BCUT2D eigenvalue weighted by Gasteiger charge is -2.04. The summed E-state index contributed by atoms with van der Waals surface area (Å²) in [5, 5.41) is 4.51. The van der Waals surface area contributed by atoms with E-state index in [1.165, 1.54) is 11.3 Å². The first-order chi connectivity index (χ1) is 14.5. The van der Waals surface area contributed by atoms with Crippen LogP contribution in [0, 0.1) is 0 Å². The summed E-state index contributed by atoms with van der Waals surface area (Å²) in [5.74, 6) is -0.856. The summed E-state index contributed by atoms with van der Waals surface area (Å²) >= 11 is 13.5. The standard InChI is InChI=1S/C22H15Cl2NO4S/c1-2-28-22(27)20-16(11-19(30-20)14-8-7-13(23)10-15(14)24)25-21(26)18-9-12-5-3-4-6-17(12)29-18/h3-11H,2H2,1H3,(H,25,26). The molecule has 30 heavy (non-hydrogen) atoms. The average Bonchev–Trinajstić information content (AvgIpc) is 3.32. The quantitative estimate of drug-likeness (QED) is 0.329. The van der Waals surface area contributed by atoms with E-state index >= 15 is 0 Å². The van der Waals surface area contributed by atoms with Crippen LogP contribution < -0.4 is 5.32 Å². The average molecular weight is 460 g/mol. The van der Waals surface area contributed by atoms with Crippen molar-refractivity contribution in [3.05, 3.63) is 75.3 Å². The van der Waals surface area contributed by atoms with Gasteiger partial charge in [-0.05, 0) is 37.3 Å². The minimum absolute atomic E-state index is 0.142. The normalized spacial score (nSPS) is 10.9. The number of hydrogen-bond acceptors (Lipinski definition) is 5. The number of hydrogen-bond donors (Lipinski definition) is 1. The summed E-state index contributed by atoms with van der Waals surface area (Å²) in [4.78, 5) is 26.2. The lowest BCUT2D eigenvalue weighted by molar-refractivity contribution is 0.0533. The van der Waals surface area contributed by atoms with Gasteiger partial charge >= 0.3 is 5.97 Å². The molecule has 8 heteroatoms. The van der Waals surface area contributed by atoms with Crippen LogP contribution in [0.2, 0.25) is 10.0 Å². The molecule has 2 heterocycles.